The number of nitrogens with two attached hydrogens (primary N) is 1. The van der Waals surface area contributed by atoms with Crippen LogP contribution in [0.15, 0.2) is 30.3 Å². The van der Waals surface area contributed by atoms with Gasteiger partial charge in [0, 0.05) is 23.6 Å². The Hall–Kier alpha value is -3.29. The third-order valence-electron chi connectivity index (χ3n) is 5.46. The number of aromatic nitrogens is 1. The molecule has 160 valence electrons. The first-order valence-corrected chi connectivity index (χ1v) is 9.92. The Balaban J connectivity index is 1.71. The molecule has 1 aliphatic heterocycles. The van der Waals surface area contributed by atoms with Gasteiger partial charge in [-0.3, -0.25) is 9.59 Å². The molecule has 2 heterocycles. The van der Waals surface area contributed by atoms with Gasteiger partial charge in [0.15, 0.2) is 6.61 Å². The molecule has 1 fully saturated rings. The first-order valence-electron chi connectivity index (χ1n) is 9.92. The minimum Gasteiger partial charge on any atom is -0.497 e. The van der Waals surface area contributed by atoms with E-state index in [4.69, 9.17) is 15.2 Å². The molecular weight excluding hydrogens is 386 g/mol. The first-order chi connectivity index (χ1) is 14.3. The zero-order valence-corrected chi connectivity index (χ0v) is 17.5. The van der Waals surface area contributed by atoms with Crippen molar-refractivity contribution < 1.29 is 23.9 Å². The van der Waals surface area contributed by atoms with Crippen molar-refractivity contribution in [1.82, 2.24) is 9.47 Å². The molecule has 30 heavy (non-hydrogen) atoms. The summed E-state index contributed by atoms with van der Waals surface area (Å²) in [7, 11) is 1.60. The summed E-state index contributed by atoms with van der Waals surface area (Å²) in [5.41, 5.74) is 8.25. The van der Waals surface area contributed by atoms with E-state index in [9.17, 15) is 14.4 Å². The quantitative estimate of drug-likeness (QED) is 0.731. The van der Waals surface area contributed by atoms with Crippen molar-refractivity contribution in [2.75, 3.05) is 20.3 Å². The highest BCUT2D eigenvalue weighted by Gasteiger charge is 2.31. The van der Waals surface area contributed by atoms with Gasteiger partial charge in [0.1, 0.15) is 11.8 Å². The minimum atomic E-state index is -0.634. The van der Waals surface area contributed by atoms with Gasteiger partial charge in [-0.1, -0.05) is 0 Å². The molecular formula is C22H27N3O5. The predicted molar refractivity (Wildman–Crippen MR) is 111 cm³/mol. The van der Waals surface area contributed by atoms with Gasteiger partial charge < -0.3 is 24.7 Å². The van der Waals surface area contributed by atoms with E-state index in [0.717, 1.165) is 30.0 Å². The van der Waals surface area contributed by atoms with Crippen molar-refractivity contribution in [1.29, 1.82) is 0 Å². The van der Waals surface area contributed by atoms with Gasteiger partial charge in [-0.05, 0) is 63.4 Å². The second kappa shape index (κ2) is 9.02. The molecule has 1 aromatic carbocycles. The Kier molecular flexibility index (Phi) is 6.44. The largest absolute Gasteiger partial charge is 0.497 e. The van der Waals surface area contributed by atoms with E-state index < -0.39 is 30.4 Å². The zero-order valence-electron chi connectivity index (χ0n) is 17.5. The van der Waals surface area contributed by atoms with Gasteiger partial charge in [0.25, 0.3) is 5.91 Å². The highest BCUT2D eigenvalue weighted by Crippen LogP contribution is 2.23. The van der Waals surface area contributed by atoms with E-state index in [1.807, 2.05) is 42.7 Å². The average molecular weight is 413 g/mol. The summed E-state index contributed by atoms with van der Waals surface area (Å²) in [5, 5.41) is 0. The standard InChI is InChI=1S/C22H27N3O5/c1-14-12-18(15(2)25(14)16-7-9-17(29-3)10-8-16)22(28)30-13-20(26)24-11-5-4-6-19(24)21(23)27/h7-10,12,19H,4-6,11,13H2,1-3H3,(H2,23,27)/t19-/m1/s1. The molecule has 1 aromatic heterocycles. The number of piperidine rings is 1. The molecule has 0 radical (unpaired) electrons. The molecule has 0 spiro atoms. The SMILES string of the molecule is COc1ccc(-n2c(C)cc(C(=O)OCC(=O)N3CCCC[C@@H]3C(N)=O)c2C)cc1. The maximum absolute atomic E-state index is 12.6. The number of carbonyl (C=O) groups excluding carboxylic acids is 3. The van der Waals surface area contributed by atoms with Crippen LogP contribution in [0.25, 0.3) is 5.69 Å². The van der Waals surface area contributed by atoms with Crippen LogP contribution < -0.4 is 10.5 Å². The van der Waals surface area contributed by atoms with E-state index in [2.05, 4.69) is 0 Å². The monoisotopic (exact) mass is 413 g/mol. The summed E-state index contributed by atoms with van der Waals surface area (Å²) in [6.45, 7) is 3.73. The molecule has 3 rings (SSSR count). The molecule has 2 aromatic rings. The van der Waals surface area contributed by atoms with Crippen LogP contribution in [0.4, 0.5) is 0 Å². The highest BCUT2D eigenvalue weighted by molar-refractivity contribution is 5.93. The fourth-order valence-electron chi connectivity index (χ4n) is 3.91. The Morgan fingerprint density at radius 3 is 2.47 bits per heavy atom. The molecule has 0 bridgehead atoms. The van der Waals surface area contributed by atoms with Crippen molar-refractivity contribution in [3.8, 4) is 11.4 Å². The molecule has 2 N–H and O–H groups in total. The summed E-state index contributed by atoms with van der Waals surface area (Å²) >= 11 is 0. The lowest BCUT2D eigenvalue weighted by molar-refractivity contribution is -0.143. The summed E-state index contributed by atoms with van der Waals surface area (Å²) < 4.78 is 12.4. The average Bonchev–Trinajstić information content (AvgIpc) is 3.05. The normalized spacial score (nSPS) is 16.2. The smallest absolute Gasteiger partial charge is 0.340 e. The number of hydrogen-bond donors (Lipinski definition) is 1. The Labute approximate surface area is 175 Å². The number of nitrogens with zero attached hydrogens (tertiary/aromatic N) is 2. The number of methoxy groups -OCH3 is 1. The summed E-state index contributed by atoms with van der Waals surface area (Å²) in [5.74, 6) is -0.775. The molecule has 0 saturated carbocycles. The number of amides is 2. The third-order valence-corrected chi connectivity index (χ3v) is 5.46. The van der Waals surface area contributed by atoms with Crippen LogP contribution in [-0.4, -0.2) is 53.6 Å². The van der Waals surface area contributed by atoms with Crippen LogP contribution in [-0.2, 0) is 14.3 Å². The molecule has 8 heteroatoms. The number of ether oxygens (including phenoxy) is 2. The van der Waals surface area contributed by atoms with Gasteiger partial charge in [-0.15, -0.1) is 0 Å². The lowest BCUT2D eigenvalue weighted by Gasteiger charge is -2.33. The van der Waals surface area contributed by atoms with E-state index in [1.165, 1.54) is 4.90 Å². The number of likely N-dealkylation sites (tertiary alicyclic amines) is 1. The van der Waals surface area contributed by atoms with E-state index in [0.29, 0.717) is 24.2 Å². The van der Waals surface area contributed by atoms with E-state index in [1.54, 1.807) is 13.2 Å². The topological polar surface area (TPSA) is 104 Å². The molecule has 8 nitrogen and oxygen atoms in total. The van der Waals surface area contributed by atoms with Gasteiger partial charge in [-0.25, -0.2) is 4.79 Å². The summed E-state index contributed by atoms with van der Waals surface area (Å²) in [4.78, 5) is 38.2. The van der Waals surface area contributed by atoms with E-state index >= 15 is 0 Å². The van der Waals surface area contributed by atoms with Crippen molar-refractivity contribution in [3.05, 3.63) is 47.3 Å². The van der Waals surface area contributed by atoms with Crippen LogP contribution >= 0.6 is 0 Å². The van der Waals surface area contributed by atoms with Crippen molar-refractivity contribution in [2.24, 2.45) is 5.73 Å². The van der Waals surface area contributed by atoms with Crippen LogP contribution in [0.1, 0.15) is 41.0 Å². The number of hydrogen-bond acceptors (Lipinski definition) is 5. The highest BCUT2D eigenvalue weighted by atomic mass is 16.5. The van der Waals surface area contributed by atoms with Crippen molar-refractivity contribution in [3.63, 3.8) is 0 Å². The fourth-order valence-corrected chi connectivity index (χ4v) is 3.91. The van der Waals surface area contributed by atoms with Crippen molar-refractivity contribution in [2.45, 2.75) is 39.2 Å². The van der Waals surface area contributed by atoms with Gasteiger partial charge in [-0.2, -0.15) is 0 Å². The number of rotatable bonds is 6. The third kappa shape index (κ3) is 4.32. The zero-order chi connectivity index (χ0) is 21.8. The summed E-state index contributed by atoms with van der Waals surface area (Å²) in [6.07, 6.45) is 2.18. The molecule has 1 atom stereocenters. The number of carbonyl (C=O) groups is 3. The van der Waals surface area contributed by atoms with Gasteiger partial charge in [0.2, 0.25) is 5.91 Å². The number of benzene rings is 1. The maximum atomic E-state index is 12.6. The van der Waals surface area contributed by atoms with Crippen LogP contribution in [0.5, 0.6) is 5.75 Å². The van der Waals surface area contributed by atoms with Crippen LogP contribution in [0.3, 0.4) is 0 Å². The Bertz CT molecular complexity index is 948. The van der Waals surface area contributed by atoms with Gasteiger partial charge in [0.05, 0.1) is 12.7 Å². The Morgan fingerprint density at radius 1 is 1.13 bits per heavy atom. The molecule has 2 amide bonds. The lowest BCUT2D eigenvalue weighted by atomic mass is 10.0. The number of primary amides is 1. The van der Waals surface area contributed by atoms with Crippen LogP contribution in [0.2, 0.25) is 0 Å². The predicted octanol–water partition coefficient (Wildman–Crippen LogP) is 2.13. The number of esters is 1. The second-order valence-corrected chi connectivity index (χ2v) is 7.40. The molecule has 0 aliphatic carbocycles. The molecule has 1 saturated heterocycles. The molecule has 0 unspecified atom stereocenters. The maximum Gasteiger partial charge on any atom is 0.340 e. The second-order valence-electron chi connectivity index (χ2n) is 7.40. The first kappa shape index (κ1) is 21.4. The van der Waals surface area contributed by atoms with Crippen LogP contribution in [0, 0.1) is 13.8 Å². The minimum absolute atomic E-state index is 0.390. The van der Waals surface area contributed by atoms with Crippen molar-refractivity contribution >= 4 is 17.8 Å². The van der Waals surface area contributed by atoms with E-state index in [-0.39, 0.29) is 0 Å². The summed E-state index contributed by atoms with van der Waals surface area (Å²) in [6, 6.07) is 8.59. The molecule has 1 aliphatic rings. The lowest BCUT2D eigenvalue weighted by Crippen LogP contribution is -2.51. The van der Waals surface area contributed by atoms with Gasteiger partial charge >= 0.3 is 5.97 Å². The fraction of sp³-hybridized carbons (Fsp3) is 0.409. The Morgan fingerprint density at radius 2 is 1.83 bits per heavy atom. The number of aryl methyl sites for hydroxylation is 1.